The molecule has 0 aromatic heterocycles. The second-order valence-corrected chi connectivity index (χ2v) is 12.6. The summed E-state index contributed by atoms with van der Waals surface area (Å²) in [5.41, 5.74) is 0.569. The van der Waals surface area contributed by atoms with Crippen LogP contribution in [0.4, 0.5) is 18.9 Å². The van der Waals surface area contributed by atoms with Crippen molar-refractivity contribution in [2.75, 3.05) is 18.5 Å². The van der Waals surface area contributed by atoms with Crippen molar-refractivity contribution in [3.8, 4) is 0 Å². The lowest BCUT2D eigenvalue weighted by atomic mass is 9.71. The fourth-order valence-corrected chi connectivity index (χ4v) is 6.72. The van der Waals surface area contributed by atoms with Crippen LogP contribution in [0.15, 0.2) is 36.2 Å². The van der Waals surface area contributed by atoms with Crippen molar-refractivity contribution >= 4 is 41.0 Å². The minimum Gasteiger partial charge on any atom is -0.461 e. The highest BCUT2D eigenvalue weighted by Gasteiger charge is 2.61. The minimum atomic E-state index is -3.21. The Morgan fingerprint density at radius 2 is 1.98 bits per heavy atom. The predicted octanol–water partition coefficient (Wildman–Crippen LogP) is 4.61. The molecule has 3 aliphatic heterocycles. The molecular formula is C31H40ClF3N4O5. The van der Waals surface area contributed by atoms with Crippen molar-refractivity contribution in [3.05, 3.63) is 41.2 Å². The Labute approximate surface area is 260 Å². The number of benzene rings is 1. The zero-order valence-corrected chi connectivity index (χ0v) is 25.8. The molecule has 1 aliphatic carbocycles. The van der Waals surface area contributed by atoms with E-state index in [0.717, 1.165) is 6.08 Å². The molecule has 3 amide bonds. The maximum atomic E-state index is 15.3. The first-order valence-corrected chi connectivity index (χ1v) is 15.5. The van der Waals surface area contributed by atoms with Gasteiger partial charge in [-0.15, -0.1) is 0 Å². The smallest absolute Gasteiger partial charge is 0.366 e. The lowest BCUT2D eigenvalue weighted by molar-refractivity contribution is -0.194. The molecular weight excluding hydrogens is 601 g/mol. The summed E-state index contributed by atoms with van der Waals surface area (Å²) >= 11 is 6.14. The number of anilines is 1. The van der Waals surface area contributed by atoms with Gasteiger partial charge >= 0.3 is 5.97 Å². The van der Waals surface area contributed by atoms with Crippen molar-refractivity contribution in [2.24, 2.45) is 17.8 Å². The molecule has 1 saturated carbocycles. The van der Waals surface area contributed by atoms with Crippen molar-refractivity contribution in [2.45, 2.75) is 89.4 Å². The zero-order valence-electron chi connectivity index (χ0n) is 25.1. The molecule has 0 spiro atoms. The molecule has 0 radical (unpaired) electrons. The van der Waals surface area contributed by atoms with Gasteiger partial charge in [0.05, 0.1) is 18.6 Å². The lowest BCUT2D eigenvalue weighted by Gasteiger charge is -2.54. The summed E-state index contributed by atoms with van der Waals surface area (Å²) < 4.78 is 50.1. The number of carbonyl (C=O) groups excluding carboxylic acids is 4. The van der Waals surface area contributed by atoms with Crippen molar-refractivity contribution in [1.29, 1.82) is 0 Å². The number of amides is 3. The summed E-state index contributed by atoms with van der Waals surface area (Å²) in [4.78, 5) is 53.7. The molecule has 9 nitrogen and oxygen atoms in total. The summed E-state index contributed by atoms with van der Waals surface area (Å²) in [7, 11) is 0. The van der Waals surface area contributed by atoms with Crippen LogP contribution in [0.2, 0.25) is 5.02 Å². The molecule has 5 rings (SSSR count). The number of piperidine rings is 2. The number of ether oxygens (including phenoxy) is 1. The van der Waals surface area contributed by atoms with Gasteiger partial charge in [0.25, 0.3) is 5.92 Å². The molecule has 4 fully saturated rings. The van der Waals surface area contributed by atoms with Gasteiger partial charge < -0.3 is 25.6 Å². The third kappa shape index (κ3) is 7.86. The van der Waals surface area contributed by atoms with Gasteiger partial charge in [0.2, 0.25) is 23.5 Å². The summed E-state index contributed by atoms with van der Waals surface area (Å²) in [5, 5.41) is 8.90. The van der Waals surface area contributed by atoms with E-state index in [0.29, 0.717) is 36.5 Å². The Balaban J connectivity index is 1.65. The van der Waals surface area contributed by atoms with Crippen LogP contribution in [-0.2, 0) is 23.9 Å². The van der Waals surface area contributed by atoms with Crippen molar-refractivity contribution in [1.82, 2.24) is 15.5 Å². The maximum Gasteiger partial charge on any atom is 0.366 e. The Morgan fingerprint density at radius 1 is 1.23 bits per heavy atom. The number of hydrogen-bond acceptors (Lipinski definition) is 6. The number of halogens is 4. The first-order chi connectivity index (χ1) is 20.8. The quantitative estimate of drug-likeness (QED) is 0.227. The normalized spacial score (nSPS) is 25.8. The Hall–Kier alpha value is -3.28. The first-order valence-electron chi connectivity index (χ1n) is 15.1. The van der Waals surface area contributed by atoms with Gasteiger partial charge in [-0.25, -0.2) is 13.6 Å². The highest BCUT2D eigenvalue weighted by molar-refractivity contribution is 6.30. The molecule has 1 aromatic rings. The molecule has 242 valence electrons. The predicted molar refractivity (Wildman–Crippen MR) is 159 cm³/mol. The number of carbonyl (C=O) groups is 4. The molecule has 6 atom stereocenters. The number of alkyl halides is 2. The van der Waals surface area contributed by atoms with E-state index in [1.807, 2.05) is 13.8 Å². The van der Waals surface area contributed by atoms with Crippen LogP contribution >= 0.6 is 11.6 Å². The number of hydrogen-bond donors (Lipinski definition) is 3. The number of esters is 1. The molecule has 3 N–H and O–H groups in total. The van der Waals surface area contributed by atoms with Crippen LogP contribution < -0.4 is 16.0 Å². The average Bonchev–Trinajstić information content (AvgIpc) is 3.35. The summed E-state index contributed by atoms with van der Waals surface area (Å²) in [5.74, 6) is -9.42. The van der Waals surface area contributed by atoms with E-state index >= 15 is 8.78 Å². The van der Waals surface area contributed by atoms with E-state index in [1.54, 1.807) is 24.3 Å². The summed E-state index contributed by atoms with van der Waals surface area (Å²) in [6.07, 6.45) is 1.32. The van der Waals surface area contributed by atoms with Gasteiger partial charge in [-0.1, -0.05) is 31.5 Å². The Kier molecular flexibility index (Phi) is 10.9. The van der Waals surface area contributed by atoms with Crippen LogP contribution in [0.25, 0.3) is 0 Å². The van der Waals surface area contributed by atoms with Gasteiger partial charge in [0.1, 0.15) is 12.1 Å². The van der Waals surface area contributed by atoms with E-state index in [2.05, 4.69) is 16.0 Å². The monoisotopic (exact) mass is 640 g/mol. The fraction of sp³-hybridized carbons (Fsp3) is 0.613. The van der Waals surface area contributed by atoms with Crippen molar-refractivity contribution in [3.63, 3.8) is 0 Å². The van der Waals surface area contributed by atoms with E-state index < -0.39 is 72.0 Å². The standard InChI is InChI=1S/C31H40ClF3N4O5/c1-4-44-30(43)24(33)15-21(13-18-10-11-36-27(18)40)38-28(41)26-23-9-8-22(16-31(23,34)35)39(26)29(42)25(12-17(2)3)37-20-7-5-6-19(32)14-20/h5-7,14-15,17-18,21-23,25-26,37H,4,8-13,16H2,1-3H3,(H,36,40)(H,38,41)/b24-15-/t18-,21-,22+,23+,25-,26-/m1/s1. The van der Waals surface area contributed by atoms with Gasteiger partial charge in [0.15, 0.2) is 0 Å². The number of nitrogens with one attached hydrogen (secondary N) is 3. The van der Waals surface area contributed by atoms with E-state index in [-0.39, 0.29) is 31.3 Å². The van der Waals surface area contributed by atoms with Crippen molar-refractivity contribution < 1.29 is 37.1 Å². The highest BCUT2D eigenvalue weighted by Crippen LogP contribution is 2.49. The van der Waals surface area contributed by atoms with Crippen LogP contribution in [0.3, 0.4) is 0 Å². The molecule has 3 heterocycles. The van der Waals surface area contributed by atoms with Crippen LogP contribution in [-0.4, -0.2) is 71.8 Å². The van der Waals surface area contributed by atoms with E-state index in [9.17, 15) is 23.6 Å². The summed E-state index contributed by atoms with van der Waals surface area (Å²) in [6, 6.07) is 2.33. The Morgan fingerprint density at radius 3 is 2.59 bits per heavy atom. The third-order valence-corrected chi connectivity index (χ3v) is 8.71. The number of nitrogens with zero attached hydrogens (tertiary/aromatic N) is 1. The second-order valence-electron chi connectivity index (χ2n) is 12.2. The minimum absolute atomic E-state index is 0.0266. The second kappa shape index (κ2) is 14.2. The number of fused-ring (bicyclic) bond motifs is 3. The molecule has 3 saturated heterocycles. The van der Waals surface area contributed by atoms with E-state index in [1.165, 1.54) is 11.8 Å². The molecule has 13 heteroatoms. The maximum absolute atomic E-state index is 15.3. The molecule has 0 unspecified atom stereocenters. The first kappa shape index (κ1) is 33.6. The summed E-state index contributed by atoms with van der Waals surface area (Å²) in [6.45, 7) is 5.67. The lowest BCUT2D eigenvalue weighted by Crippen LogP contribution is -2.70. The number of rotatable bonds is 12. The average molecular weight is 641 g/mol. The van der Waals surface area contributed by atoms with Crippen LogP contribution in [0.1, 0.15) is 59.3 Å². The molecule has 44 heavy (non-hydrogen) atoms. The molecule has 4 aliphatic rings. The zero-order chi connectivity index (χ0) is 32.2. The largest absolute Gasteiger partial charge is 0.461 e. The SMILES string of the molecule is CCOC(=O)/C(F)=C/[C@@H](C[C@H]1CCNC1=O)NC(=O)[C@H]1[C@@H]2CC[C@@H](CC2(F)F)N1C(=O)[C@@H](CC(C)C)Nc1cccc(Cl)c1. The van der Waals surface area contributed by atoms with Crippen LogP contribution in [0, 0.1) is 17.8 Å². The third-order valence-electron chi connectivity index (χ3n) is 8.48. The van der Waals surface area contributed by atoms with Gasteiger partial charge in [-0.2, -0.15) is 4.39 Å². The van der Waals surface area contributed by atoms with Crippen LogP contribution in [0.5, 0.6) is 0 Å². The molecule has 1 aromatic carbocycles. The Bertz CT molecular complexity index is 1280. The fourth-order valence-electron chi connectivity index (χ4n) is 6.53. The highest BCUT2D eigenvalue weighted by atomic mass is 35.5. The van der Waals surface area contributed by atoms with Gasteiger partial charge in [-0.3, -0.25) is 14.4 Å². The van der Waals surface area contributed by atoms with Gasteiger partial charge in [-0.05, 0) is 69.2 Å². The topological polar surface area (TPSA) is 117 Å². The van der Waals surface area contributed by atoms with E-state index in [4.69, 9.17) is 16.3 Å². The molecule has 2 bridgehead atoms. The van der Waals surface area contributed by atoms with Gasteiger partial charge in [0, 0.05) is 35.6 Å².